The molecule has 6 nitrogen and oxygen atoms in total. The van der Waals surface area contributed by atoms with Crippen molar-refractivity contribution in [3.8, 4) is 11.5 Å². The van der Waals surface area contributed by atoms with Crippen LogP contribution in [0.1, 0.15) is 22.4 Å². The fourth-order valence-electron chi connectivity index (χ4n) is 1.83. The Hall–Kier alpha value is -2.34. The van der Waals surface area contributed by atoms with Crippen molar-refractivity contribution in [2.75, 3.05) is 6.61 Å². The van der Waals surface area contributed by atoms with Crippen molar-refractivity contribution >= 4 is 17.6 Å². The molecule has 1 aliphatic heterocycles. The van der Waals surface area contributed by atoms with Crippen LogP contribution in [0.25, 0.3) is 0 Å². The highest BCUT2D eigenvalue weighted by Gasteiger charge is 2.26. The van der Waals surface area contributed by atoms with E-state index in [-0.39, 0.29) is 23.1 Å². The van der Waals surface area contributed by atoms with Gasteiger partial charge in [0.2, 0.25) is 0 Å². The number of aromatic nitrogens is 2. The van der Waals surface area contributed by atoms with Crippen LogP contribution in [0.4, 0.5) is 0 Å². The summed E-state index contributed by atoms with van der Waals surface area (Å²) in [6.45, 7) is 0.206. The van der Waals surface area contributed by atoms with Gasteiger partial charge in [0.1, 0.15) is 6.61 Å². The number of benzene rings is 1. The number of ether oxygens (including phenoxy) is 2. The summed E-state index contributed by atoms with van der Waals surface area (Å²) < 4.78 is 11.2. The molecule has 2 heterocycles. The summed E-state index contributed by atoms with van der Waals surface area (Å²) in [6.07, 6.45) is 0.678. The molecular formula is C13H9ClN2O4. The van der Waals surface area contributed by atoms with Crippen molar-refractivity contribution in [1.82, 2.24) is 9.97 Å². The number of hydrogen-bond donors (Lipinski definition) is 1. The van der Waals surface area contributed by atoms with Gasteiger partial charge in [0, 0.05) is 0 Å². The third-order valence-corrected chi connectivity index (χ3v) is 3.04. The lowest BCUT2D eigenvalue weighted by atomic mass is 10.2. The lowest BCUT2D eigenvalue weighted by Gasteiger charge is -2.25. The normalized spacial score (nSPS) is 16.8. The molecule has 2 aromatic rings. The first-order valence-electron chi connectivity index (χ1n) is 5.79. The average Bonchev–Trinajstić information content (AvgIpc) is 2.47. The van der Waals surface area contributed by atoms with Crippen LogP contribution in [0.3, 0.4) is 0 Å². The monoisotopic (exact) mass is 292 g/mol. The van der Waals surface area contributed by atoms with Crippen molar-refractivity contribution in [3.05, 3.63) is 47.0 Å². The first-order valence-corrected chi connectivity index (χ1v) is 6.17. The van der Waals surface area contributed by atoms with E-state index in [1.165, 1.54) is 6.20 Å². The van der Waals surface area contributed by atoms with Crippen molar-refractivity contribution < 1.29 is 19.4 Å². The van der Waals surface area contributed by atoms with Gasteiger partial charge in [-0.15, -0.1) is 0 Å². The summed E-state index contributed by atoms with van der Waals surface area (Å²) in [6, 6.07) is 7.20. The second kappa shape index (κ2) is 4.97. The summed E-state index contributed by atoms with van der Waals surface area (Å²) >= 11 is 5.73. The zero-order valence-electron chi connectivity index (χ0n) is 10.1. The van der Waals surface area contributed by atoms with Crippen LogP contribution in [0.2, 0.25) is 5.02 Å². The molecule has 1 N–H and O–H groups in total. The number of rotatable bonds is 2. The lowest BCUT2D eigenvalue weighted by Crippen LogP contribution is -2.24. The Morgan fingerprint density at radius 1 is 1.35 bits per heavy atom. The van der Waals surface area contributed by atoms with Gasteiger partial charge in [-0.3, -0.25) is 0 Å². The van der Waals surface area contributed by atoms with Gasteiger partial charge in [0.25, 0.3) is 0 Å². The Morgan fingerprint density at radius 2 is 2.10 bits per heavy atom. The molecule has 102 valence electrons. The average molecular weight is 293 g/mol. The molecule has 1 aliphatic rings. The molecule has 0 bridgehead atoms. The molecule has 1 aromatic heterocycles. The van der Waals surface area contributed by atoms with Gasteiger partial charge >= 0.3 is 5.97 Å². The van der Waals surface area contributed by atoms with Gasteiger partial charge in [-0.25, -0.2) is 14.8 Å². The highest BCUT2D eigenvalue weighted by molar-refractivity contribution is 6.33. The Morgan fingerprint density at radius 3 is 2.85 bits per heavy atom. The third-order valence-electron chi connectivity index (χ3n) is 2.76. The van der Waals surface area contributed by atoms with Crippen molar-refractivity contribution in [3.63, 3.8) is 0 Å². The summed E-state index contributed by atoms with van der Waals surface area (Å²) in [5.41, 5.74) is -0.251. The Balaban J connectivity index is 1.92. The third kappa shape index (κ3) is 2.25. The Bertz CT molecular complexity index is 677. The zero-order valence-corrected chi connectivity index (χ0v) is 10.9. The highest BCUT2D eigenvalue weighted by Crippen LogP contribution is 2.35. The van der Waals surface area contributed by atoms with Crippen LogP contribution in [0.5, 0.6) is 11.5 Å². The lowest BCUT2D eigenvalue weighted by molar-refractivity contribution is 0.0682. The summed E-state index contributed by atoms with van der Waals surface area (Å²) in [5, 5.41) is 8.98. The summed E-state index contributed by atoms with van der Waals surface area (Å²) in [5.74, 6) is 0.215. The summed E-state index contributed by atoms with van der Waals surface area (Å²) in [7, 11) is 0. The number of para-hydroxylation sites is 2. The van der Waals surface area contributed by atoms with Crippen LogP contribution in [-0.4, -0.2) is 27.7 Å². The minimum atomic E-state index is -1.21. The summed E-state index contributed by atoms with van der Waals surface area (Å²) in [4.78, 5) is 18.9. The molecule has 7 heteroatoms. The smallest absolute Gasteiger partial charge is 0.356 e. The molecule has 1 unspecified atom stereocenters. The maximum Gasteiger partial charge on any atom is 0.356 e. The minimum Gasteiger partial charge on any atom is -0.485 e. The quantitative estimate of drug-likeness (QED) is 0.915. The Kier molecular flexibility index (Phi) is 3.15. The molecule has 0 amide bonds. The predicted octanol–water partition coefficient (Wildman–Crippen LogP) is 2.34. The number of nitrogens with zero attached hydrogens (tertiary/aromatic N) is 2. The predicted molar refractivity (Wildman–Crippen MR) is 69.3 cm³/mol. The van der Waals surface area contributed by atoms with Crippen LogP contribution in [0.15, 0.2) is 30.5 Å². The Labute approximate surface area is 119 Å². The fourth-order valence-corrected chi connectivity index (χ4v) is 2.00. The van der Waals surface area contributed by atoms with Crippen molar-refractivity contribution in [2.24, 2.45) is 0 Å². The van der Waals surface area contributed by atoms with Crippen molar-refractivity contribution in [1.29, 1.82) is 0 Å². The molecule has 0 spiro atoms. The van der Waals surface area contributed by atoms with Gasteiger partial charge in [0.15, 0.2) is 29.1 Å². The molecule has 0 saturated heterocycles. The number of carboxylic acids is 1. The van der Waals surface area contributed by atoms with E-state index in [4.69, 9.17) is 26.2 Å². The second-order valence-corrected chi connectivity index (χ2v) is 4.50. The van der Waals surface area contributed by atoms with Crippen molar-refractivity contribution in [2.45, 2.75) is 6.10 Å². The molecule has 0 radical (unpaired) electrons. The maximum absolute atomic E-state index is 11.0. The molecule has 0 fully saturated rings. The van der Waals surface area contributed by atoms with Crippen LogP contribution in [0, 0.1) is 0 Å². The van der Waals surface area contributed by atoms with Crippen LogP contribution < -0.4 is 9.47 Å². The minimum absolute atomic E-state index is 0.0154. The van der Waals surface area contributed by atoms with E-state index in [2.05, 4.69) is 9.97 Å². The molecule has 3 rings (SSSR count). The van der Waals surface area contributed by atoms with E-state index in [0.29, 0.717) is 11.5 Å². The van der Waals surface area contributed by atoms with Crippen LogP contribution in [-0.2, 0) is 0 Å². The fraction of sp³-hybridized carbons (Fsp3) is 0.154. The topological polar surface area (TPSA) is 81.5 Å². The molecule has 1 aromatic carbocycles. The number of carbonyl (C=O) groups is 1. The number of hydrogen-bond acceptors (Lipinski definition) is 5. The van der Waals surface area contributed by atoms with Gasteiger partial charge in [-0.2, -0.15) is 0 Å². The van der Waals surface area contributed by atoms with E-state index in [0.717, 1.165) is 0 Å². The maximum atomic E-state index is 11.0. The molecule has 1 atom stereocenters. The molecule has 0 aliphatic carbocycles. The van der Waals surface area contributed by atoms with E-state index >= 15 is 0 Å². The number of carboxylic acid groups (broad SMARTS) is 1. The second-order valence-electron chi connectivity index (χ2n) is 4.09. The first-order chi connectivity index (χ1) is 9.65. The van der Waals surface area contributed by atoms with E-state index in [1.807, 2.05) is 12.1 Å². The number of halogens is 1. The van der Waals surface area contributed by atoms with Gasteiger partial charge in [0.05, 0.1) is 11.2 Å². The van der Waals surface area contributed by atoms with E-state index < -0.39 is 12.1 Å². The highest BCUT2D eigenvalue weighted by atomic mass is 35.5. The standard InChI is InChI=1S/C13H9ClN2O4/c14-7-5-15-12(16-11(7)13(17)18)10-6-19-8-3-1-2-4-9(8)20-10/h1-5,10H,6H2,(H,17,18). The SMILES string of the molecule is O=C(O)c1nc(C2COc3ccccc3O2)ncc1Cl. The number of aromatic carboxylic acids is 1. The van der Waals surface area contributed by atoms with E-state index in [9.17, 15) is 4.79 Å². The van der Waals surface area contributed by atoms with Gasteiger partial charge < -0.3 is 14.6 Å². The number of fused-ring (bicyclic) bond motifs is 1. The first kappa shape index (κ1) is 12.7. The van der Waals surface area contributed by atoms with Gasteiger partial charge in [-0.05, 0) is 12.1 Å². The largest absolute Gasteiger partial charge is 0.485 e. The van der Waals surface area contributed by atoms with E-state index in [1.54, 1.807) is 12.1 Å². The molecule has 20 heavy (non-hydrogen) atoms. The van der Waals surface area contributed by atoms with Gasteiger partial charge in [-0.1, -0.05) is 23.7 Å². The van der Waals surface area contributed by atoms with Crippen LogP contribution >= 0.6 is 11.6 Å². The molecule has 0 saturated carbocycles. The molecular weight excluding hydrogens is 284 g/mol. The zero-order chi connectivity index (χ0) is 14.1.